The zero-order valence-electron chi connectivity index (χ0n) is 10.5. The predicted octanol–water partition coefficient (Wildman–Crippen LogP) is 0.982. The third-order valence-corrected chi connectivity index (χ3v) is 5.00. The number of anilines is 1. The molecule has 1 amide bonds. The molecule has 1 aliphatic heterocycles. The summed E-state index contributed by atoms with van der Waals surface area (Å²) in [7, 11) is -1.42. The molecule has 0 aromatic heterocycles. The minimum absolute atomic E-state index is 0.0997. The van der Waals surface area contributed by atoms with Gasteiger partial charge in [-0.15, -0.1) is 11.8 Å². The van der Waals surface area contributed by atoms with E-state index in [0.717, 1.165) is 4.90 Å². The maximum Gasteiger partial charge on any atom is 0.299 e. The third kappa shape index (κ3) is 2.98. The van der Waals surface area contributed by atoms with Crippen LogP contribution in [0.2, 0.25) is 0 Å². The predicted molar refractivity (Wildman–Crippen MR) is 74.6 cm³/mol. The van der Waals surface area contributed by atoms with Crippen molar-refractivity contribution in [1.82, 2.24) is 0 Å². The number of amides is 1. The Morgan fingerprint density at radius 1 is 1.26 bits per heavy atom. The van der Waals surface area contributed by atoms with E-state index in [4.69, 9.17) is 0 Å². The van der Waals surface area contributed by atoms with Gasteiger partial charge < -0.3 is 4.90 Å². The lowest BCUT2D eigenvalue weighted by molar-refractivity contribution is -0.114. The van der Waals surface area contributed by atoms with E-state index in [1.807, 2.05) is 0 Å². The fraction of sp³-hybridized carbons (Fsp3) is 0.333. The van der Waals surface area contributed by atoms with E-state index in [-0.39, 0.29) is 5.75 Å². The van der Waals surface area contributed by atoms with Gasteiger partial charge in [0.15, 0.2) is 0 Å². The molecule has 7 heteroatoms. The van der Waals surface area contributed by atoms with Crippen molar-refractivity contribution in [2.45, 2.75) is 4.90 Å². The van der Waals surface area contributed by atoms with Gasteiger partial charge in [0.05, 0.1) is 17.0 Å². The van der Waals surface area contributed by atoms with Crippen LogP contribution < -0.4 is 4.90 Å². The van der Waals surface area contributed by atoms with Crippen LogP contribution >= 0.6 is 11.8 Å². The van der Waals surface area contributed by atoms with Gasteiger partial charge in [-0.2, -0.15) is 0 Å². The van der Waals surface area contributed by atoms with Crippen molar-refractivity contribution >= 4 is 39.0 Å². The molecule has 0 aliphatic carbocycles. The number of fused-ring (bicyclic) bond motifs is 1. The van der Waals surface area contributed by atoms with Gasteiger partial charge in [0.25, 0.3) is 11.7 Å². The Balaban J connectivity index is 2.15. The van der Waals surface area contributed by atoms with Gasteiger partial charge in [0, 0.05) is 24.0 Å². The third-order valence-electron chi connectivity index (χ3n) is 2.80. The largest absolute Gasteiger partial charge is 0.308 e. The van der Waals surface area contributed by atoms with Crippen molar-refractivity contribution in [2.24, 2.45) is 0 Å². The highest BCUT2D eigenvalue weighted by Gasteiger charge is 2.33. The molecule has 0 bridgehead atoms. The fourth-order valence-electron chi connectivity index (χ4n) is 1.76. The van der Waals surface area contributed by atoms with E-state index in [1.165, 1.54) is 22.9 Å². The molecule has 1 aromatic rings. The zero-order valence-corrected chi connectivity index (χ0v) is 12.2. The molecular formula is C12H13NO4S2. The Morgan fingerprint density at radius 3 is 2.58 bits per heavy atom. The number of thioether (sulfide) groups is 1. The number of carbonyl (C=O) groups is 2. The molecule has 0 fully saturated rings. The summed E-state index contributed by atoms with van der Waals surface area (Å²) in [5, 5.41) is 0. The zero-order chi connectivity index (χ0) is 14.2. The number of hydrogen-bond acceptors (Lipinski definition) is 5. The van der Waals surface area contributed by atoms with E-state index in [0.29, 0.717) is 17.0 Å². The van der Waals surface area contributed by atoms with Crippen LogP contribution in [0.1, 0.15) is 10.4 Å². The van der Waals surface area contributed by atoms with Crippen molar-refractivity contribution < 1.29 is 18.0 Å². The van der Waals surface area contributed by atoms with Crippen molar-refractivity contribution in [3.05, 3.63) is 23.8 Å². The first-order chi connectivity index (χ1) is 8.79. The molecule has 2 rings (SSSR count). The molecule has 1 aliphatic rings. The number of carbonyl (C=O) groups excluding carboxylic acids is 2. The van der Waals surface area contributed by atoms with E-state index >= 15 is 0 Å². The van der Waals surface area contributed by atoms with Crippen molar-refractivity contribution in [3.63, 3.8) is 0 Å². The number of rotatable bonds is 4. The molecular weight excluding hydrogens is 286 g/mol. The number of nitrogens with zero attached hydrogens (tertiary/aromatic N) is 1. The molecule has 0 spiro atoms. The minimum atomic E-state index is -2.97. The van der Waals surface area contributed by atoms with Gasteiger partial charge in [-0.3, -0.25) is 9.59 Å². The Bertz CT molecular complexity index is 652. The Hall–Kier alpha value is -1.34. The fourth-order valence-corrected chi connectivity index (χ4v) is 3.90. The topological polar surface area (TPSA) is 71.5 Å². The molecule has 0 N–H and O–H groups in total. The normalized spacial score (nSPS) is 14.9. The van der Waals surface area contributed by atoms with Crippen LogP contribution in [0, 0.1) is 0 Å². The van der Waals surface area contributed by atoms with Gasteiger partial charge in [-0.1, -0.05) is 0 Å². The number of sulfone groups is 1. The first kappa shape index (κ1) is 14.1. The molecule has 0 unspecified atom stereocenters. The summed E-state index contributed by atoms with van der Waals surface area (Å²) in [6, 6.07) is 5.09. The molecule has 1 aromatic carbocycles. The van der Waals surface area contributed by atoms with Crippen LogP contribution in [0.4, 0.5) is 5.69 Å². The molecule has 0 radical (unpaired) electrons. The Labute approximate surface area is 115 Å². The lowest BCUT2D eigenvalue weighted by Crippen LogP contribution is -2.24. The summed E-state index contributed by atoms with van der Waals surface area (Å²) in [5.41, 5.74) is 0.985. The minimum Gasteiger partial charge on any atom is -0.308 e. The van der Waals surface area contributed by atoms with Crippen LogP contribution in [0.5, 0.6) is 0 Å². The summed E-state index contributed by atoms with van der Waals surface area (Å²) in [5.74, 6) is -0.482. The maximum absolute atomic E-state index is 11.6. The highest BCUT2D eigenvalue weighted by Crippen LogP contribution is 2.32. The SMILES string of the molecule is CN1C(=O)C(=O)c2ccc(SCCS(C)(=O)=O)cc21. The average Bonchev–Trinajstić information content (AvgIpc) is 2.53. The second-order valence-corrected chi connectivity index (χ2v) is 7.78. The highest BCUT2D eigenvalue weighted by molar-refractivity contribution is 8.00. The van der Waals surface area contributed by atoms with E-state index in [2.05, 4.69) is 0 Å². The molecule has 5 nitrogen and oxygen atoms in total. The van der Waals surface area contributed by atoms with Crippen molar-refractivity contribution in [3.8, 4) is 0 Å². The standard InChI is InChI=1S/C12H13NO4S2/c1-13-10-7-8(18-5-6-19(2,16)17)3-4-9(10)11(14)12(13)15/h3-4,7H,5-6H2,1-2H3. The van der Waals surface area contributed by atoms with Gasteiger partial charge in [-0.05, 0) is 18.2 Å². The van der Waals surface area contributed by atoms with Crippen LogP contribution in [0.3, 0.4) is 0 Å². The lowest BCUT2D eigenvalue weighted by Gasteiger charge is -2.10. The van der Waals surface area contributed by atoms with Crippen LogP contribution in [0.15, 0.2) is 23.1 Å². The second kappa shape index (κ2) is 4.97. The van der Waals surface area contributed by atoms with Crippen molar-refractivity contribution in [2.75, 3.05) is 29.7 Å². The van der Waals surface area contributed by atoms with E-state index in [9.17, 15) is 18.0 Å². The number of hydrogen-bond donors (Lipinski definition) is 0. The molecule has 19 heavy (non-hydrogen) atoms. The monoisotopic (exact) mass is 299 g/mol. The summed E-state index contributed by atoms with van der Waals surface area (Å²) in [6.45, 7) is 0. The van der Waals surface area contributed by atoms with Gasteiger partial charge in [0.1, 0.15) is 9.84 Å². The quantitative estimate of drug-likeness (QED) is 0.612. The molecule has 0 atom stereocenters. The average molecular weight is 299 g/mol. The van der Waals surface area contributed by atoms with E-state index < -0.39 is 21.5 Å². The molecule has 0 saturated carbocycles. The Morgan fingerprint density at radius 2 is 1.95 bits per heavy atom. The molecule has 1 heterocycles. The summed E-state index contributed by atoms with van der Waals surface area (Å²) < 4.78 is 22.1. The first-order valence-electron chi connectivity index (χ1n) is 5.56. The van der Waals surface area contributed by atoms with Crippen LogP contribution in [-0.2, 0) is 14.6 Å². The summed E-state index contributed by atoms with van der Waals surface area (Å²) >= 11 is 1.39. The van der Waals surface area contributed by atoms with Gasteiger partial charge >= 0.3 is 0 Å². The molecule has 102 valence electrons. The first-order valence-corrected chi connectivity index (χ1v) is 8.61. The number of benzene rings is 1. The summed E-state index contributed by atoms with van der Waals surface area (Å²) in [6.07, 6.45) is 1.20. The maximum atomic E-state index is 11.6. The highest BCUT2D eigenvalue weighted by atomic mass is 32.2. The van der Waals surface area contributed by atoms with E-state index in [1.54, 1.807) is 25.2 Å². The summed E-state index contributed by atoms with van der Waals surface area (Å²) in [4.78, 5) is 25.3. The Kier molecular flexibility index (Phi) is 3.69. The lowest BCUT2D eigenvalue weighted by atomic mass is 10.1. The smallest absolute Gasteiger partial charge is 0.299 e. The number of Topliss-reactive ketones (excluding diaryl/α,β-unsaturated/α-hetero) is 1. The second-order valence-electron chi connectivity index (χ2n) is 4.35. The molecule has 0 saturated heterocycles. The van der Waals surface area contributed by atoms with Crippen LogP contribution in [-0.4, -0.2) is 44.9 Å². The van der Waals surface area contributed by atoms with Crippen molar-refractivity contribution in [1.29, 1.82) is 0 Å². The number of likely N-dealkylation sites (N-methyl/N-ethyl adjacent to an activating group) is 1. The van der Waals surface area contributed by atoms with Gasteiger partial charge in [-0.25, -0.2) is 8.42 Å². The number of ketones is 1. The van der Waals surface area contributed by atoms with Crippen LogP contribution in [0.25, 0.3) is 0 Å². The van der Waals surface area contributed by atoms with Gasteiger partial charge in [0.2, 0.25) is 0 Å².